The normalized spacial score (nSPS) is 21.4. The van der Waals surface area contributed by atoms with Crippen molar-refractivity contribution in [2.24, 2.45) is 5.92 Å². The van der Waals surface area contributed by atoms with Gasteiger partial charge >= 0.3 is 0 Å². The van der Waals surface area contributed by atoms with Gasteiger partial charge in [-0.05, 0) is 19.4 Å². The van der Waals surface area contributed by atoms with E-state index < -0.39 is 5.60 Å². The molecule has 1 aliphatic heterocycles. The number of rotatable bonds is 2. The smallest absolute Gasteiger partial charge is 0.0920 e. The Morgan fingerprint density at radius 2 is 2.14 bits per heavy atom. The van der Waals surface area contributed by atoms with E-state index in [9.17, 15) is 5.11 Å². The van der Waals surface area contributed by atoms with Crippen LogP contribution in [0.2, 0.25) is 0 Å². The van der Waals surface area contributed by atoms with Gasteiger partial charge < -0.3 is 10.4 Å². The quantitative estimate of drug-likeness (QED) is 0.741. The molecule has 0 aliphatic carbocycles. The maximum Gasteiger partial charge on any atom is 0.0920 e. The Kier molecular flexibility index (Phi) is 2.33. The molecule has 1 aliphatic rings. The molecule has 14 heavy (non-hydrogen) atoms. The lowest BCUT2D eigenvalue weighted by molar-refractivity contribution is -0.0279. The highest BCUT2D eigenvalue weighted by molar-refractivity contribution is 5.28. The zero-order valence-corrected chi connectivity index (χ0v) is 8.75. The van der Waals surface area contributed by atoms with E-state index in [0.29, 0.717) is 5.92 Å². The van der Waals surface area contributed by atoms with Gasteiger partial charge in [0, 0.05) is 19.0 Å². The second-order valence-electron chi connectivity index (χ2n) is 4.37. The first-order chi connectivity index (χ1) is 6.60. The largest absolute Gasteiger partial charge is 0.385 e. The van der Waals surface area contributed by atoms with Crippen LogP contribution >= 0.6 is 0 Å². The number of hydrogen-bond acceptors (Lipinski definition) is 2. The van der Waals surface area contributed by atoms with Gasteiger partial charge in [-0.1, -0.05) is 29.8 Å². The van der Waals surface area contributed by atoms with Crippen LogP contribution in [0.3, 0.4) is 0 Å². The summed E-state index contributed by atoms with van der Waals surface area (Å²) in [6.45, 7) is 5.80. The van der Waals surface area contributed by atoms with Crippen molar-refractivity contribution in [3.63, 3.8) is 0 Å². The van der Waals surface area contributed by atoms with Gasteiger partial charge in [-0.2, -0.15) is 0 Å². The topological polar surface area (TPSA) is 32.3 Å². The van der Waals surface area contributed by atoms with Crippen LogP contribution in [0, 0.1) is 12.8 Å². The summed E-state index contributed by atoms with van der Waals surface area (Å²) in [6.07, 6.45) is 0. The summed E-state index contributed by atoms with van der Waals surface area (Å²) < 4.78 is 0. The molecule has 0 aromatic heterocycles. The van der Waals surface area contributed by atoms with E-state index in [0.717, 1.165) is 18.7 Å². The summed E-state index contributed by atoms with van der Waals surface area (Å²) in [5, 5.41) is 13.6. The molecule has 0 saturated carbocycles. The van der Waals surface area contributed by atoms with Gasteiger partial charge in [-0.25, -0.2) is 0 Å². The molecule has 1 atom stereocenters. The molecule has 1 heterocycles. The molecule has 76 valence electrons. The van der Waals surface area contributed by atoms with Crippen molar-refractivity contribution in [1.82, 2.24) is 5.32 Å². The fourth-order valence-corrected chi connectivity index (χ4v) is 1.88. The monoisotopic (exact) mass is 191 g/mol. The lowest BCUT2D eigenvalue weighted by Gasteiger charge is -2.40. The molecule has 2 rings (SSSR count). The summed E-state index contributed by atoms with van der Waals surface area (Å²) in [7, 11) is 0. The van der Waals surface area contributed by atoms with Gasteiger partial charge in [0.2, 0.25) is 0 Å². The van der Waals surface area contributed by atoms with Crippen LogP contribution in [-0.2, 0) is 5.60 Å². The van der Waals surface area contributed by atoms with Crippen LogP contribution in [-0.4, -0.2) is 18.2 Å². The summed E-state index contributed by atoms with van der Waals surface area (Å²) in [5.41, 5.74) is 1.55. The number of hydrogen-bond donors (Lipinski definition) is 2. The Morgan fingerprint density at radius 3 is 2.64 bits per heavy atom. The lowest BCUT2D eigenvalue weighted by Crippen LogP contribution is -2.52. The van der Waals surface area contributed by atoms with Gasteiger partial charge in [-0.15, -0.1) is 0 Å². The second-order valence-corrected chi connectivity index (χ2v) is 4.37. The van der Waals surface area contributed by atoms with Crippen molar-refractivity contribution in [1.29, 1.82) is 0 Å². The molecular weight excluding hydrogens is 174 g/mol. The molecule has 1 saturated heterocycles. The van der Waals surface area contributed by atoms with Crippen molar-refractivity contribution >= 4 is 0 Å². The van der Waals surface area contributed by atoms with E-state index in [1.54, 1.807) is 0 Å². The maximum atomic E-state index is 10.4. The third kappa shape index (κ3) is 1.56. The number of benzene rings is 1. The summed E-state index contributed by atoms with van der Waals surface area (Å²) in [4.78, 5) is 0. The standard InChI is InChI=1S/C12H17NO/c1-9-4-3-5-10(6-9)12(2,14)11-7-13-8-11/h3-6,11,13-14H,7-8H2,1-2H3. The lowest BCUT2D eigenvalue weighted by atomic mass is 9.79. The SMILES string of the molecule is Cc1cccc(C(C)(O)C2CNC2)c1. The molecule has 1 aromatic rings. The van der Waals surface area contributed by atoms with Gasteiger partial charge in [0.15, 0.2) is 0 Å². The fraction of sp³-hybridized carbons (Fsp3) is 0.500. The van der Waals surface area contributed by atoms with Gasteiger partial charge in [0.25, 0.3) is 0 Å². The Morgan fingerprint density at radius 1 is 1.43 bits per heavy atom. The van der Waals surface area contributed by atoms with Crippen molar-refractivity contribution < 1.29 is 5.11 Å². The molecule has 2 heteroatoms. The molecule has 1 aromatic carbocycles. The number of aryl methyl sites for hydroxylation is 1. The average Bonchev–Trinajstić information content (AvgIpc) is 2.00. The molecule has 1 unspecified atom stereocenters. The van der Waals surface area contributed by atoms with Gasteiger partial charge in [0.05, 0.1) is 5.60 Å². The summed E-state index contributed by atoms with van der Waals surface area (Å²) >= 11 is 0. The Balaban J connectivity index is 2.28. The maximum absolute atomic E-state index is 10.4. The van der Waals surface area contributed by atoms with Crippen LogP contribution in [0.5, 0.6) is 0 Å². The Hall–Kier alpha value is -0.860. The zero-order chi connectivity index (χ0) is 10.2. The number of nitrogens with one attached hydrogen (secondary N) is 1. The highest BCUT2D eigenvalue weighted by Crippen LogP contribution is 2.31. The third-order valence-corrected chi connectivity index (χ3v) is 3.18. The molecule has 2 nitrogen and oxygen atoms in total. The minimum absolute atomic E-state index is 0.351. The molecule has 0 bridgehead atoms. The molecule has 1 fully saturated rings. The van der Waals surface area contributed by atoms with Crippen molar-refractivity contribution in [3.8, 4) is 0 Å². The fourth-order valence-electron chi connectivity index (χ4n) is 1.88. The Bertz CT molecular complexity index is 329. The minimum atomic E-state index is -0.683. The van der Waals surface area contributed by atoms with Crippen LogP contribution in [0.15, 0.2) is 24.3 Å². The first kappa shape index (κ1) is 9.69. The van der Waals surface area contributed by atoms with Crippen LogP contribution in [0.1, 0.15) is 18.1 Å². The van der Waals surface area contributed by atoms with E-state index in [4.69, 9.17) is 0 Å². The predicted octanol–water partition coefficient (Wildman–Crippen LogP) is 1.42. The third-order valence-electron chi connectivity index (χ3n) is 3.18. The van der Waals surface area contributed by atoms with Crippen molar-refractivity contribution in [2.75, 3.05) is 13.1 Å². The van der Waals surface area contributed by atoms with Gasteiger partial charge in [-0.3, -0.25) is 0 Å². The van der Waals surface area contributed by atoms with Crippen molar-refractivity contribution in [3.05, 3.63) is 35.4 Å². The van der Waals surface area contributed by atoms with E-state index in [-0.39, 0.29) is 0 Å². The zero-order valence-electron chi connectivity index (χ0n) is 8.75. The minimum Gasteiger partial charge on any atom is -0.385 e. The van der Waals surface area contributed by atoms with Gasteiger partial charge in [0.1, 0.15) is 0 Å². The first-order valence-corrected chi connectivity index (χ1v) is 5.11. The highest BCUT2D eigenvalue weighted by atomic mass is 16.3. The van der Waals surface area contributed by atoms with Crippen molar-refractivity contribution in [2.45, 2.75) is 19.4 Å². The second kappa shape index (κ2) is 3.37. The van der Waals surface area contributed by atoms with E-state index in [1.165, 1.54) is 5.56 Å². The molecular formula is C12H17NO. The Labute approximate surface area is 85.0 Å². The molecule has 0 spiro atoms. The molecule has 0 radical (unpaired) electrons. The number of aliphatic hydroxyl groups is 1. The van der Waals surface area contributed by atoms with Crippen LogP contribution in [0.4, 0.5) is 0 Å². The average molecular weight is 191 g/mol. The van der Waals surface area contributed by atoms with Crippen LogP contribution < -0.4 is 5.32 Å². The molecule has 0 amide bonds. The molecule has 2 N–H and O–H groups in total. The van der Waals surface area contributed by atoms with E-state index >= 15 is 0 Å². The highest BCUT2D eigenvalue weighted by Gasteiger charge is 2.37. The van der Waals surface area contributed by atoms with Crippen LogP contribution in [0.25, 0.3) is 0 Å². The van der Waals surface area contributed by atoms with E-state index in [1.807, 2.05) is 19.1 Å². The first-order valence-electron chi connectivity index (χ1n) is 5.11. The summed E-state index contributed by atoms with van der Waals surface area (Å²) in [6, 6.07) is 8.13. The predicted molar refractivity (Wildman–Crippen MR) is 57.1 cm³/mol. The van der Waals surface area contributed by atoms with E-state index in [2.05, 4.69) is 24.4 Å². The summed E-state index contributed by atoms with van der Waals surface area (Å²) in [5.74, 6) is 0.351.